The van der Waals surface area contributed by atoms with E-state index in [0.29, 0.717) is 22.4 Å². The summed E-state index contributed by atoms with van der Waals surface area (Å²) in [7, 11) is 0. The van der Waals surface area contributed by atoms with Crippen molar-refractivity contribution in [2.75, 3.05) is 6.61 Å². The fourth-order valence-corrected chi connectivity index (χ4v) is 3.56. The van der Waals surface area contributed by atoms with Crippen LogP contribution in [0.25, 0.3) is 0 Å². The average Bonchev–Trinajstić information content (AvgIpc) is 2.72. The summed E-state index contributed by atoms with van der Waals surface area (Å²) >= 11 is 0. The molecule has 34 heavy (non-hydrogen) atoms. The second kappa shape index (κ2) is 11.2. The third kappa shape index (κ3) is 6.60. The number of phenols is 1. The fourth-order valence-electron chi connectivity index (χ4n) is 3.56. The maximum atomic E-state index is 11.9. The topological polar surface area (TPSA) is 144 Å². The van der Waals surface area contributed by atoms with Gasteiger partial charge in [0.1, 0.15) is 24.2 Å². The van der Waals surface area contributed by atoms with E-state index in [0.717, 1.165) is 20.8 Å². The molecule has 2 rings (SSSR count). The van der Waals surface area contributed by atoms with Crippen molar-refractivity contribution in [3.05, 3.63) is 22.8 Å². The quantitative estimate of drug-likeness (QED) is 0.448. The molecule has 0 aromatic heterocycles. The highest BCUT2D eigenvalue weighted by molar-refractivity contribution is 5.68. The molecule has 0 spiro atoms. The number of phenolic OH excluding ortho intramolecular Hbond substituents is 1. The molecule has 188 valence electrons. The van der Waals surface area contributed by atoms with E-state index in [9.17, 15) is 24.3 Å². The number of esters is 4. The Balaban J connectivity index is 2.55. The van der Waals surface area contributed by atoms with Crippen molar-refractivity contribution in [3.63, 3.8) is 0 Å². The Morgan fingerprint density at radius 1 is 0.824 bits per heavy atom. The number of benzene rings is 1. The van der Waals surface area contributed by atoms with E-state index in [2.05, 4.69) is 0 Å². The van der Waals surface area contributed by atoms with Crippen LogP contribution in [-0.2, 0) is 42.9 Å². The largest absolute Gasteiger partial charge is 0.507 e. The number of hydrogen-bond donors (Lipinski definition) is 1. The molecular formula is C23H30O11. The Bertz CT molecular complexity index is 955. The van der Waals surface area contributed by atoms with Crippen molar-refractivity contribution in [1.29, 1.82) is 0 Å². The number of carbonyl (C=O) groups excluding carboxylic acids is 4. The first-order chi connectivity index (χ1) is 15.8. The molecule has 0 unspecified atom stereocenters. The van der Waals surface area contributed by atoms with E-state index >= 15 is 0 Å². The summed E-state index contributed by atoms with van der Waals surface area (Å²) in [6, 6.07) is 1.58. The van der Waals surface area contributed by atoms with Gasteiger partial charge in [0.25, 0.3) is 0 Å². The zero-order chi connectivity index (χ0) is 25.7. The Morgan fingerprint density at radius 3 is 1.88 bits per heavy atom. The predicted molar refractivity (Wildman–Crippen MR) is 115 cm³/mol. The second-order valence-electron chi connectivity index (χ2n) is 7.98. The van der Waals surface area contributed by atoms with Crippen molar-refractivity contribution in [2.24, 2.45) is 0 Å². The highest BCUT2D eigenvalue weighted by Crippen LogP contribution is 2.36. The molecule has 1 aliphatic heterocycles. The molecule has 5 atom stereocenters. The summed E-state index contributed by atoms with van der Waals surface area (Å²) in [4.78, 5) is 47.0. The number of ether oxygens (including phenoxy) is 6. The molecular weight excluding hydrogens is 452 g/mol. The van der Waals surface area contributed by atoms with Crippen LogP contribution in [0.1, 0.15) is 44.4 Å². The summed E-state index contributed by atoms with van der Waals surface area (Å²) in [6.07, 6.45) is -6.40. The van der Waals surface area contributed by atoms with Gasteiger partial charge in [0.2, 0.25) is 12.4 Å². The number of rotatable bonds is 7. The Hall–Kier alpha value is -3.34. The van der Waals surface area contributed by atoms with Crippen LogP contribution in [0.5, 0.6) is 11.5 Å². The normalized spacial score (nSPS) is 24.0. The van der Waals surface area contributed by atoms with Crippen LogP contribution in [0.3, 0.4) is 0 Å². The number of hydrogen-bond acceptors (Lipinski definition) is 11. The monoisotopic (exact) mass is 482 g/mol. The standard InChI is InChI=1S/C23H30O11/c1-10-8-17(11(2)12(3)19(10)28)33-23-22(32-16(7)27)21(31-15(6)26)20(30-14(5)25)18(34-23)9-29-13(4)24/h8,18,20-23,28H,9H2,1-7H3/t18-,20+,21+,22-,23+/m1/s1. The number of carbonyl (C=O) groups is 4. The first-order valence-corrected chi connectivity index (χ1v) is 10.6. The SMILES string of the molecule is CC(=O)OC[C@H]1O[C@H](Oc2cc(C)c(O)c(C)c2C)[C@H](OC(C)=O)[C@@H](OC(C)=O)[C@H]1OC(C)=O. The second-order valence-corrected chi connectivity index (χ2v) is 7.98. The lowest BCUT2D eigenvalue weighted by Gasteiger charge is -2.44. The van der Waals surface area contributed by atoms with Crippen LogP contribution in [0.2, 0.25) is 0 Å². The Labute approximate surface area is 197 Å². The van der Waals surface area contributed by atoms with Gasteiger partial charge in [0.05, 0.1) is 0 Å². The zero-order valence-electron chi connectivity index (χ0n) is 20.2. The Kier molecular flexibility index (Phi) is 8.86. The minimum atomic E-state index is -1.34. The van der Waals surface area contributed by atoms with Crippen molar-refractivity contribution < 1.29 is 52.7 Å². The van der Waals surface area contributed by atoms with Gasteiger partial charge >= 0.3 is 23.9 Å². The molecule has 1 heterocycles. The fraction of sp³-hybridized carbons (Fsp3) is 0.565. The van der Waals surface area contributed by atoms with Gasteiger partial charge in [-0.15, -0.1) is 0 Å². The number of aryl methyl sites for hydroxylation is 1. The average molecular weight is 482 g/mol. The van der Waals surface area contributed by atoms with Crippen molar-refractivity contribution in [1.82, 2.24) is 0 Å². The molecule has 0 radical (unpaired) electrons. The highest BCUT2D eigenvalue weighted by atomic mass is 16.7. The Morgan fingerprint density at radius 2 is 1.35 bits per heavy atom. The lowest BCUT2D eigenvalue weighted by atomic mass is 9.97. The summed E-state index contributed by atoms with van der Waals surface area (Å²) in [5.74, 6) is -2.39. The summed E-state index contributed by atoms with van der Waals surface area (Å²) in [6.45, 7) is 9.36. The molecule has 0 bridgehead atoms. The molecule has 1 aromatic carbocycles. The van der Waals surface area contributed by atoms with Gasteiger partial charge in [-0.2, -0.15) is 0 Å². The molecule has 1 saturated heterocycles. The van der Waals surface area contributed by atoms with E-state index in [1.54, 1.807) is 26.8 Å². The van der Waals surface area contributed by atoms with Gasteiger partial charge in [-0.1, -0.05) is 0 Å². The molecule has 1 N–H and O–H groups in total. The minimum Gasteiger partial charge on any atom is -0.507 e. The third-order valence-electron chi connectivity index (χ3n) is 5.20. The summed E-state index contributed by atoms with van der Waals surface area (Å²) in [5, 5.41) is 10.2. The van der Waals surface area contributed by atoms with Gasteiger partial charge < -0.3 is 33.5 Å². The lowest BCUT2D eigenvalue weighted by Crippen LogP contribution is -2.63. The molecule has 11 heteroatoms. The van der Waals surface area contributed by atoms with E-state index in [1.807, 2.05) is 0 Å². The maximum absolute atomic E-state index is 11.9. The first-order valence-electron chi connectivity index (χ1n) is 10.6. The molecule has 1 aliphatic rings. The van der Waals surface area contributed by atoms with E-state index in [1.165, 1.54) is 6.92 Å². The minimum absolute atomic E-state index is 0.103. The van der Waals surface area contributed by atoms with Crippen LogP contribution in [0.4, 0.5) is 0 Å². The van der Waals surface area contributed by atoms with Crippen molar-refractivity contribution >= 4 is 23.9 Å². The lowest BCUT2D eigenvalue weighted by molar-refractivity contribution is -0.288. The smallest absolute Gasteiger partial charge is 0.303 e. The maximum Gasteiger partial charge on any atom is 0.303 e. The van der Waals surface area contributed by atoms with Crippen LogP contribution in [0, 0.1) is 20.8 Å². The third-order valence-corrected chi connectivity index (χ3v) is 5.20. The molecule has 1 aromatic rings. The van der Waals surface area contributed by atoms with Gasteiger partial charge in [0.15, 0.2) is 12.2 Å². The molecule has 0 aliphatic carbocycles. The summed E-state index contributed by atoms with van der Waals surface area (Å²) < 4.78 is 33.1. The van der Waals surface area contributed by atoms with Crippen LogP contribution >= 0.6 is 0 Å². The molecule has 0 amide bonds. The van der Waals surface area contributed by atoms with Crippen LogP contribution < -0.4 is 4.74 Å². The van der Waals surface area contributed by atoms with Gasteiger partial charge in [-0.3, -0.25) is 19.2 Å². The van der Waals surface area contributed by atoms with Crippen molar-refractivity contribution in [2.45, 2.75) is 79.2 Å². The molecule has 1 fully saturated rings. The number of aromatic hydroxyl groups is 1. The molecule has 0 saturated carbocycles. The van der Waals surface area contributed by atoms with Crippen molar-refractivity contribution in [3.8, 4) is 11.5 Å². The van der Waals surface area contributed by atoms with Gasteiger partial charge in [0, 0.05) is 27.7 Å². The van der Waals surface area contributed by atoms with E-state index in [-0.39, 0.29) is 12.4 Å². The predicted octanol–water partition coefficient (Wildman–Crippen LogP) is 1.78. The van der Waals surface area contributed by atoms with E-state index in [4.69, 9.17) is 28.4 Å². The van der Waals surface area contributed by atoms with Gasteiger partial charge in [-0.25, -0.2) is 0 Å². The van der Waals surface area contributed by atoms with Crippen LogP contribution in [-0.4, -0.2) is 66.3 Å². The van der Waals surface area contributed by atoms with E-state index < -0.39 is 54.6 Å². The molecule has 11 nitrogen and oxygen atoms in total. The summed E-state index contributed by atoms with van der Waals surface area (Å²) in [5.41, 5.74) is 1.69. The van der Waals surface area contributed by atoms with Crippen LogP contribution in [0.15, 0.2) is 6.07 Å². The highest BCUT2D eigenvalue weighted by Gasteiger charge is 2.53. The van der Waals surface area contributed by atoms with Gasteiger partial charge in [-0.05, 0) is 43.5 Å². The zero-order valence-corrected chi connectivity index (χ0v) is 20.2. The first kappa shape index (κ1) is 26.9.